The number of methoxy groups -OCH3 is 1. The first kappa shape index (κ1) is 18.9. The van der Waals surface area contributed by atoms with Gasteiger partial charge in [0.25, 0.3) is 5.91 Å². The summed E-state index contributed by atoms with van der Waals surface area (Å²) in [5.41, 5.74) is 1.15. The molecule has 1 atom stereocenters. The Balaban J connectivity index is 2.25. The van der Waals surface area contributed by atoms with E-state index >= 15 is 0 Å². The second-order valence-electron chi connectivity index (χ2n) is 5.86. The molecule has 1 aromatic carbocycles. The van der Waals surface area contributed by atoms with E-state index in [1.165, 1.54) is 19.2 Å². The Morgan fingerprint density at radius 1 is 1.38 bits per heavy atom. The van der Waals surface area contributed by atoms with Crippen LogP contribution in [0.5, 0.6) is 0 Å². The molecular weight excluding hydrogens is 332 g/mol. The second-order valence-corrected chi connectivity index (χ2v) is 7.57. The number of rotatable bonds is 6. The minimum Gasteiger partial charge on any atom is -0.383 e. The van der Waals surface area contributed by atoms with Crippen LogP contribution in [0.2, 0.25) is 0 Å². The van der Waals surface area contributed by atoms with Gasteiger partial charge in [-0.25, -0.2) is 13.1 Å². The fourth-order valence-corrected chi connectivity index (χ4v) is 3.81. The number of nitrogens with one attached hydrogen (secondary N) is 1. The lowest BCUT2D eigenvalue weighted by Gasteiger charge is -2.27. The van der Waals surface area contributed by atoms with Crippen LogP contribution in [0.25, 0.3) is 0 Å². The fraction of sp³-hybridized carbons (Fsp3) is 0.562. The Labute approximate surface area is 143 Å². The zero-order chi connectivity index (χ0) is 17.7. The summed E-state index contributed by atoms with van der Waals surface area (Å²) in [6.45, 7) is 5.80. The van der Waals surface area contributed by atoms with Crippen molar-refractivity contribution in [1.82, 2.24) is 9.62 Å². The molecule has 8 heteroatoms. The first-order valence-corrected chi connectivity index (χ1v) is 9.32. The van der Waals surface area contributed by atoms with Gasteiger partial charge in [-0.2, -0.15) is 0 Å². The van der Waals surface area contributed by atoms with E-state index in [0.29, 0.717) is 31.9 Å². The van der Waals surface area contributed by atoms with E-state index in [1.54, 1.807) is 24.8 Å². The molecule has 0 aromatic heterocycles. The van der Waals surface area contributed by atoms with Crippen LogP contribution in [0.1, 0.15) is 22.8 Å². The Kier molecular flexibility index (Phi) is 6.34. The number of sulfonamides is 1. The van der Waals surface area contributed by atoms with E-state index in [0.717, 1.165) is 5.56 Å². The van der Waals surface area contributed by atoms with Gasteiger partial charge in [-0.15, -0.1) is 0 Å². The summed E-state index contributed by atoms with van der Waals surface area (Å²) in [6.07, 6.45) is 0. The highest BCUT2D eigenvalue weighted by molar-refractivity contribution is 7.89. The minimum absolute atomic E-state index is 0.0765. The van der Waals surface area contributed by atoms with Crippen LogP contribution in [0.15, 0.2) is 23.1 Å². The lowest BCUT2D eigenvalue weighted by molar-refractivity contribution is 0.0302. The summed E-state index contributed by atoms with van der Waals surface area (Å²) in [5.74, 6) is -0.169. The Morgan fingerprint density at radius 2 is 2.04 bits per heavy atom. The third-order valence-electron chi connectivity index (χ3n) is 3.82. The van der Waals surface area contributed by atoms with Crippen molar-refractivity contribution in [1.29, 1.82) is 0 Å². The number of benzene rings is 1. The molecule has 1 aromatic rings. The van der Waals surface area contributed by atoms with Gasteiger partial charge in [-0.05, 0) is 31.5 Å². The lowest BCUT2D eigenvalue weighted by atomic mass is 10.1. The predicted octanol–water partition coefficient (Wildman–Crippen LogP) is 0.781. The number of carbonyl (C=O) groups is 1. The Morgan fingerprint density at radius 3 is 2.67 bits per heavy atom. The monoisotopic (exact) mass is 356 g/mol. The number of amides is 1. The number of carbonyl (C=O) groups excluding carboxylic acids is 1. The molecule has 1 heterocycles. The van der Waals surface area contributed by atoms with Crippen molar-refractivity contribution in [3.05, 3.63) is 29.3 Å². The SMILES string of the molecule is COC[C@H](C)NS(=O)(=O)c1ccc(C)c(C(=O)N2CCOCC2)c1. The molecule has 0 radical (unpaired) electrons. The number of ether oxygens (including phenoxy) is 2. The molecule has 0 aliphatic carbocycles. The van der Waals surface area contributed by atoms with Gasteiger partial charge < -0.3 is 14.4 Å². The van der Waals surface area contributed by atoms with E-state index in [9.17, 15) is 13.2 Å². The van der Waals surface area contributed by atoms with Crippen LogP contribution in [0.3, 0.4) is 0 Å². The van der Waals surface area contributed by atoms with Crippen molar-refractivity contribution < 1.29 is 22.7 Å². The normalized spacial score (nSPS) is 16.9. The predicted molar refractivity (Wildman–Crippen MR) is 89.6 cm³/mol. The van der Waals surface area contributed by atoms with Crippen LogP contribution in [-0.4, -0.2) is 65.3 Å². The molecule has 1 saturated heterocycles. The molecule has 134 valence electrons. The molecule has 1 fully saturated rings. The molecule has 24 heavy (non-hydrogen) atoms. The van der Waals surface area contributed by atoms with Gasteiger partial charge in [0.2, 0.25) is 10.0 Å². The molecule has 0 spiro atoms. The highest BCUT2D eigenvalue weighted by Gasteiger charge is 2.23. The molecular formula is C16H24N2O5S. The fourth-order valence-electron chi connectivity index (χ4n) is 2.55. The zero-order valence-corrected chi connectivity index (χ0v) is 15.1. The zero-order valence-electron chi connectivity index (χ0n) is 14.2. The van der Waals surface area contributed by atoms with Crippen molar-refractivity contribution in [2.24, 2.45) is 0 Å². The maximum atomic E-state index is 12.7. The van der Waals surface area contributed by atoms with Gasteiger partial charge in [-0.3, -0.25) is 4.79 Å². The van der Waals surface area contributed by atoms with Crippen LogP contribution >= 0.6 is 0 Å². The average molecular weight is 356 g/mol. The molecule has 7 nitrogen and oxygen atoms in total. The minimum atomic E-state index is -3.71. The van der Waals surface area contributed by atoms with E-state index < -0.39 is 10.0 Å². The highest BCUT2D eigenvalue weighted by Crippen LogP contribution is 2.18. The van der Waals surface area contributed by atoms with E-state index in [2.05, 4.69) is 4.72 Å². The Hall–Kier alpha value is -1.48. The number of morpholine rings is 1. The smallest absolute Gasteiger partial charge is 0.254 e. The molecule has 0 saturated carbocycles. The quantitative estimate of drug-likeness (QED) is 0.814. The number of hydrogen-bond donors (Lipinski definition) is 1. The number of aryl methyl sites for hydroxylation is 1. The van der Waals surface area contributed by atoms with Gasteiger partial charge in [0.05, 0.1) is 24.7 Å². The summed E-state index contributed by atoms with van der Waals surface area (Å²) in [7, 11) is -2.20. The van der Waals surface area contributed by atoms with Crippen LogP contribution in [-0.2, 0) is 19.5 Å². The highest BCUT2D eigenvalue weighted by atomic mass is 32.2. The van der Waals surface area contributed by atoms with Crippen LogP contribution < -0.4 is 4.72 Å². The third kappa shape index (κ3) is 4.54. The van der Waals surface area contributed by atoms with Gasteiger partial charge in [0, 0.05) is 31.8 Å². The molecule has 0 bridgehead atoms. The van der Waals surface area contributed by atoms with E-state index in [-0.39, 0.29) is 23.5 Å². The van der Waals surface area contributed by atoms with Gasteiger partial charge in [0.15, 0.2) is 0 Å². The molecule has 0 unspecified atom stereocenters. The van der Waals surface area contributed by atoms with E-state index in [1.807, 2.05) is 0 Å². The summed E-state index contributed by atoms with van der Waals surface area (Å²) in [6, 6.07) is 4.24. The van der Waals surface area contributed by atoms with Crippen molar-refractivity contribution in [2.45, 2.75) is 24.8 Å². The molecule has 1 aliphatic rings. The standard InChI is InChI=1S/C16H24N2O5S/c1-12-4-5-14(24(20,21)17-13(2)11-22-3)10-15(12)16(19)18-6-8-23-9-7-18/h4-5,10,13,17H,6-9,11H2,1-3H3/t13-/m0/s1. The number of hydrogen-bond acceptors (Lipinski definition) is 5. The topological polar surface area (TPSA) is 84.9 Å². The Bertz CT molecular complexity index is 684. The average Bonchev–Trinajstić information content (AvgIpc) is 2.55. The maximum absolute atomic E-state index is 12.7. The van der Waals surface area contributed by atoms with Gasteiger partial charge in [-0.1, -0.05) is 6.07 Å². The first-order valence-electron chi connectivity index (χ1n) is 7.84. The third-order valence-corrected chi connectivity index (χ3v) is 5.41. The first-order chi connectivity index (χ1) is 11.3. The largest absolute Gasteiger partial charge is 0.383 e. The summed E-state index contributed by atoms with van der Waals surface area (Å²) in [5, 5.41) is 0. The summed E-state index contributed by atoms with van der Waals surface area (Å²) >= 11 is 0. The van der Waals surface area contributed by atoms with Crippen molar-refractivity contribution >= 4 is 15.9 Å². The van der Waals surface area contributed by atoms with Crippen molar-refractivity contribution in [2.75, 3.05) is 40.0 Å². The van der Waals surface area contributed by atoms with Crippen molar-refractivity contribution in [3.63, 3.8) is 0 Å². The molecule has 2 rings (SSSR count). The summed E-state index contributed by atoms with van der Waals surface area (Å²) in [4.78, 5) is 14.4. The maximum Gasteiger partial charge on any atom is 0.254 e. The van der Waals surface area contributed by atoms with Crippen molar-refractivity contribution in [3.8, 4) is 0 Å². The number of nitrogens with zero attached hydrogens (tertiary/aromatic N) is 1. The molecule has 1 N–H and O–H groups in total. The molecule has 1 amide bonds. The summed E-state index contributed by atoms with van der Waals surface area (Å²) < 4.78 is 37.7. The lowest BCUT2D eigenvalue weighted by Crippen LogP contribution is -2.41. The van der Waals surface area contributed by atoms with Crippen LogP contribution in [0, 0.1) is 6.92 Å². The van der Waals surface area contributed by atoms with E-state index in [4.69, 9.17) is 9.47 Å². The van der Waals surface area contributed by atoms with Crippen LogP contribution in [0.4, 0.5) is 0 Å². The van der Waals surface area contributed by atoms with Gasteiger partial charge in [0.1, 0.15) is 0 Å². The van der Waals surface area contributed by atoms with Gasteiger partial charge >= 0.3 is 0 Å². The second kappa shape index (κ2) is 8.06. The molecule has 1 aliphatic heterocycles.